The molecule has 13 heteroatoms. The highest BCUT2D eigenvalue weighted by Crippen LogP contribution is 2.30. The molecular weight excluding hydrogens is 489 g/mol. The van der Waals surface area contributed by atoms with Gasteiger partial charge in [0.15, 0.2) is 5.82 Å². The van der Waals surface area contributed by atoms with E-state index in [1.807, 2.05) is 19.1 Å². The van der Waals surface area contributed by atoms with Crippen molar-refractivity contribution in [1.29, 1.82) is 5.26 Å². The van der Waals surface area contributed by atoms with Crippen molar-refractivity contribution in [2.45, 2.75) is 45.0 Å². The number of nitriles is 1. The van der Waals surface area contributed by atoms with Crippen molar-refractivity contribution < 1.29 is 22.4 Å². The zero-order valence-electron chi connectivity index (χ0n) is 19.9. The number of piperidine rings is 1. The molecule has 0 saturated carbocycles. The normalized spacial score (nSPS) is 18.5. The summed E-state index contributed by atoms with van der Waals surface area (Å²) >= 11 is 0. The maximum atomic E-state index is 12.4. The van der Waals surface area contributed by atoms with Crippen LogP contribution in [-0.4, -0.2) is 49.3 Å². The Morgan fingerprint density at radius 1 is 1.24 bits per heavy atom. The van der Waals surface area contributed by atoms with Crippen LogP contribution in [0.5, 0.6) is 0 Å². The van der Waals surface area contributed by atoms with Crippen molar-refractivity contribution in [1.82, 2.24) is 29.9 Å². The first kappa shape index (κ1) is 24.5. The summed E-state index contributed by atoms with van der Waals surface area (Å²) in [5.41, 5.74) is 0.995. The smallest absolute Gasteiger partial charge is 0.406 e. The summed E-state index contributed by atoms with van der Waals surface area (Å²) in [5, 5.41) is 17.6. The Bertz CT molecular complexity index is 1360. The molecule has 1 atom stereocenters. The number of alkyl halides is 3. The molecule has 3 aromatic heterocycles. The molecule has 2 aliphatic rings. The van der Waals surface area contributed by atoms with E-state index in [2.05, 4.69) is 40.9 Å². The van der Waals surface area contributed by atoms with E-state index in [1.165, 1.54) is 18.2 Å². The molecule has 0 aromatic carbocycles. The molecule has 10 nitrogen and oxygen atoms in total. The van der Waals surface area contributed by atoms with E-state index in [-0.39, 0.29) is 35.7 Å². The highest BCUT2D eigenvalue weighted by atomic mass is 19.4. The lowest BCUT2D eigenvalue weighted by atomic mass is 9.98. The summed E-state index contributed by atoms with van der Waals surface area (Å²) in [6.07, 6.45) is 3.03. The van der Waals surface area contributed by atoms with Crippen molar-refractivity contribution in [2.24, 2.45) is 5.92 Å². The van der Waals surface area contributed by atoms with Crippen LogP contribution in [0.3, 0.4) is 0 Å². The average Bonchev–Trinajstić information content (AvgIpc) is 3.51. The Labute approximate surface area is 210 Å². The van der Waals surface area contributed by atoms with Crippen LogP contribution < -0.4 is 4.90 Å². The third-order valence-corrected chi connectivity index (χ3v) is 6.26. The van der Waals surface area contributed by atoms with E-state index in [0.717, 1.165) is 37.3 Å². The lowest BCUT2D eigenvalue weighted by Crippen LogP contribution is -2.33. The van der Waals surface area contributed by atoms with Gasteiger partial charge in [0.05, 0.1) is 12.6 Å². The van der Waals surface area contributed by atoms with E-state index >= 15 is 0 Å². The van der Waals surface area contributed by atoms with Crippen molar-refractivity contribution >= 4 is 5.82 Å². The largest absolute Gasteiger partial charge is 0.573 e. The Morgan fingerprint density at radius 3 is 2.76 bits per heavy atom. The van der Waals surface area contributed by atoms with Gasteiger partial charge in [-0.2, -0.15) is 10.2 Å². The van der Waals surface area contributed by atoms with Gasteiger partial charge >= 0.3 is 6.36 Å². The Hall–Kier alpha value is -4.21. The standard InChI is InChI=1S/C24H23F3N8O2/c1-15-30-22(23-31-21(33-37-23)18-2-4-19(5-3-18)36-24(25,26)27)32-35(15)14-17-6-9-29-20(12-17)34-10-7-16(13-28)8-11-34/h2,4-6,9,12,16,18H,3,7-8,10-11,14H2,1H3. The molecule has 1 aliphatic heterocycles. The average molecular weight is 512 g/mol. The number of hydrogen-bond acceptors (Lipinski definition) is 9. The summed E-state index contributed by atoms with van der Waals surface area (Å²) in [4.78, 5) is 15.5. The third-order valence-electron chi connectivity index (χ3n) is 6.26. The van der Waals surface area contributed by atoms with E-state index in [4.69, 9.17) is 9.78 Å². The number of nitrogens with zero attached hydrogens (tertiary/aromatic N) is 8. The number of rotatable bonds is 6. The van der Waals surface area contributed by atoms with Crippen LogP contribution in [0.25, 0.3) is 11.7 Å². The van der Waals surface area contributed by atoms with Crippen molar-refractivity contribution in [3.05, 3.63) is 59.5 Å². The molecule has 3 aromatic rings. The lowest BCUT2D eigenvalue weighted by Gasteiger charge is -2.30. The highest BCUT2D eigenvalue weighted by Gasteiger charge is 2.32. The van der Waals surface area contributed by atoms with Gasteiger partial charge in [0.2, 0.25) is 5.82 Å². The minimum atomic E-state index is -4.74. The second-order valence-corrected chi connectivity index (χ2v) is 8.87. The van der Waals surface area contributed by atoms with Gasteiger partial charge in [-0.1, -0.05) is 11.2 Å². The first-order valence-corrected chi connectivity index (χ1v) is 11.8. The molecule has 0 N–H and O–H groups in total. The fourth-order valence-electron chi connectivity index (χ4n) is 4.28. The van der Waals surface area contributed by atoms with E-state index in [1.54, 1.807) is 10.9 Å². The van der Waals surface area contributed by atoms with E-state index in [0.29, 0.717) is 18.2 Å². The quantitative estimate of drug-likeness (QED) is 0.477. The van der Waals surface area contributed by atoms with Crippen LogP contribution in [-0.2, 0) is 11.3 Å². The van der Waals surface area contributed by atoms with Crippen LogP contribution in [0.1, 0.15) is 42.4 Å². The number of ether oxygens (including phenoxy) is 1. The van der Waals surface area contributed by atoms with Crippen molar-refractivity contribution in [2.75, 3.05) is 18.0 Å². The molecule has 1 aliphatic carbocycles. The van der Waals surface area contributed by atoms with Crippen LogP contribution in [0, 0.1) is 24.2 Å². The van der Waals surface area contributed by atoms with Gasteiger partial charge in [-0.05, 0) is 56.0 Å². The van der Waals surface area contributed by atoms with E-state index in [9.17, 15) is 13.2 Å². The van der Waals surface area contributed by atoms with Gasteiger partial charge in [0, 0.05) is 31.1 Å². The fourth-order valence-corrected chi connectivity index (χ4v) is 4.28. The van der Waals surface area contributed by atoms with Crippen molar-refractivity contribution in [3.63, 3.8) is 0 Å². The third kappa shape index (κ3) is 5.79. The molecule has 4 heterocycles. The number of pyridine rings is 1. The SMILES string of the molecule is Cc1nc(-c2nc(C3C=CC(OC(F)(F)F)=CC3)no2)nn1Cc1ccnc(N2CCC(C#N)CC2)c1. The van der Waals surface area contributed by atoms with Gasteiger partial charge < -0.3 is 14.2 Å². The molecule has 0 bridgehead atoms. The number of aromatic nitrogens is 6. The minimum absolute atomic E-state index is 0.104. The number of hydrogen-bond donors (Lipinski definition) is 0. The molecule has 37 heavy (non-hydrogen) atoms. The molecule has 0 spiro atoms. The van der Waals surface area contributed by atoms with Gasteiger partial charge in [-0.15, -0.1) is 18.3 Å². The minimum Gasteiger partial charge on any atom is -0.406 e. The molecule has 1 fully saturated rings. The Balaban J connectivity index is 1.25. The van der Waals surface area contributed by atoms with Crippen molar-refractivity contribution in [3.8, 4) is 17.8 Å². The Morgan fingerprint density at radius 2 is 2.05 bits per heavy atom. The lowest BCUT2D eigenvalue weighted by molar-refractivity contribution is -0.303. The molecule has 0 amide bonds. The summed E-state index contributed by atoms with van der Waals surface area (Å²) in [6.45, 7) is 3.87. The number of allylic oxidation sites excluding steroid dienone is 3. The zero-order chi connectivity index (χ0) is 26.0. The number of anilines is 1. The van der Waals surface area contributed by atoms with Crippen LogP contribution in [0.15, 0.2) is 46.8 Å². The number of halogens is 3. The second-order valence-electron chi connectivity index (χ2n) is 8.87. The molecule has 0 radical (unpaired) electrons. The summed E-state index contributed by atoms with van der Waals surface area (Å²) in [5.74, 6) is 1.71. The topological polar surface area (TPSA) is 119 Å². The predicted molar refractivity (Wildman–Crippen MR) is 124 cm³/mol. The molecular formula is C24H23F3N8O2. The van der Waals surface area contributed by atoms with Gasteiger partial charge in [-0.3, -0.25) is 0 Å². The summed E-state index contributed by atoms with van der Waals surface area (Å²) < 4.78 is 48.1. The first-order chi connectivity index (χ1) is 17.8. The maximum Gasteiger partial charge on any atom is 0.573 e. The van der Waals surface area contributed by atoms with Gasteiger partial charge in [0.25, 0.3) is 5.89 Å². The number of aryl methyl sites for hydroxylation is 1. The zero-order valence-corrected chi connectivity index (χ0v) is 19.9. The van der Waals surface area contributed by atoms with Crippen LogP contribution in [0.2, 0.25) is 0 Å². The second kappa shape index (κ2) is 10.0. The first-order valence-electron chi connectivity index (χ1n) is 11.8. The fraction of sp³-hybridized carbons (Fsp3) is 0.417. The maximum absolute atomic E-state index is 12.4. The molecule has 1 unspecified atom stereocenters. The van der Waals surface area contributed by atoms with E-state index < -0.39 is 6.36 Å². The highest BCUT2D eigenvalue weighted by molar-refractivity contribution is 5.42. The predicted octanol–water partition coefficient (Wildman–Crippen LogP) is 4.28. The molecule has 1 saturated heterocycles. The monoisotopic (exact) mass is 512 g/mol. The van der Waals surface area contributed by atoms with Crippen LogP contribution in [0.4, 0.5) is 19.0 Å². The summed E-state index contributed by atoms with van der Waals surface area (Å²) in [6, 6.07) is 6.27. The van der Waals surface area contributed by atoms with Gasteiger partial charge in [-0.25, -0.2) is 14.6 Å². The summed E-state index contributed by atoms with van der Waals surface area (Å²) in [7, 11) is 0. The van der Waals surface area contributed by atoms with Gasteiger partial charge in [0.1, 0.15) is 17.4 Å². The Kier molecular flexibility index (Phi) is 6.64. The van der Waals surface area contributed by atoms with Crippen LogP contribution >= 0.6 is 0 Å². The molecule has 192 valence electrons. The molecule has 5 rings (SSSR count).